The normalized spacial score (nSPS) is 11.8. The van der Waals surface area contributed by atoms with Gasteiger partial charge in [0.1, 0.15) is 15.1 Å². The quantitative estimate of drug-likeness (QED) is 0.146. The molecule has 0 fully saturated rings. The van der Waals surface area contributed by atoms with Crippen LogP contribution in [0.4, 0.5) is 0 Å². The molecule has 10 rings (SSSR count). The van der Waals surface area contributed by atoms with Crippen LogP contribution in [0, 0.1) is 0 Å². The third kappa shape index (κ3) is 5.57. The standard InChI is InChI=1S/C40H28N10O4S2/c1-53-15-14-49-30-12-9-21(16-29(30)44-38(49)36-46-31-24(27-6-3-4-13-41-27)19-55-33(31)40(52)48-36)26-7-5-8-28(43-26)25-20-56-34-32(25)45-35(47-39(34)51)37-42-17-22-10-11-23(54-2)18-50(22)37/h3-13,16-20H,14-15H2,1-2H3,(H,45,47,51)(H,46,48,52). The molecule has 9 heterocycles. The van der Waals surface area contributed by atoms with E-state index in [9.17, 15) is 10.2 Å². The maximum absolute atomic E-state index is 11.1. The van der Waals surface area contributed by atoms with Gasteiger partial charge in [0.15, 0.2) is 23.3 Å². The predicted octanol–water partition coefficient (Wildman–Crippen LogP) is 7.88. The van der Waals surface area contributed by atoms with Gasteiger partial charge >= 0.3 is 0 Å². The molecule has 2 N–H and O–H groups in total. The summed E-state index contributed by atoms with van der Waals surface area (Å²) in [6.45, 7) is 0.911. The molecule has 9 aromatic heterocycles. The molecule has 1 aromatic carbocycles. The van der Waals surface area contributed by atoms with E-state index in [-0.39, 0.29) is 23.4 Å². The van der Waals surface area contributed by atoms with Crippen LogP contribution in [0.2, 0.25) is 0 Å². The minimum absolute atomic E-state index is 0.116. The zero-order valence-electron chi connectivity index (χ0n) is 29.7. The number of fused-ring (bicyclic) bond motifs is 4. The Kier molecular flexibility index (Phi) is 8.09. The number of thiophene rings is 2. The van der Waals surface area contributed by atoms with Gasteiger partial charge in [0.25, 0.3) is 0 Å². The molecule has 0 saturated carbocycles. The van der Waals surface area contributed by atoms with E-state index in [0.29, 0.717) is 62.2 Å². The number of methoxy groups -OCH3 is 2. The van der Waals surface area contributed by atoms with Crippen molar-refractivity contribution in [2.24, 2.45) is 0 Å². The first-order valence-corrected chi connectivity index (χ1v) is 19.1. The van der Waals surface area contributed by atoms with E-state index in [4.69, 9.17) is 29.4 Å². The number of aromatic hydroxyl groups is 2. The molecular weight excluding hydrogens is 749 g/mol. The Morgan fingerprint density at radius 1 is 0.696 bits per heavy atom. The van der Waals surface area contributed by atoms with Gasteiger partial charge in [0.05, 0.1) is 70.8 Å². The number of aromatic nitrogens is 10. The molecule has 0 aliphatic carbocycles. The molecule has 10 aromatic rings. The van der Waals surface area contributed by atoms with E-state index in [0.717, 1.165) is 39.1 Å². The Balaban J connectivity index is 1.05. The van der Waals surface area contributed by atoms with Gasteiger partial charge in [-0.05, 0) is 48.5 Å². The first-order valence-electron chi connectivity index (χ1n) is 17.3. The van der Waals surface area contributed by atoms with Crippen molar-refractivity contribution >= 4 is 59.7 Å². The van der Waals surface area contributed by atoms with Gasteiger partial charge < -0.3 is 24.3 Å². The fraction of sp³-hybridized carbons (Fsp3) is 0.100. The molecule has 0 saturated heterocycles. The number of imidazole rings is 2. The molecule has 0 atom stereocenters. The first-order chi connectivity index (χ1) is 27.5. The second-order valence-corrected chi connectivity index (χ2v) is 14.5. The average Bonchev–Trinajstić information content (AvgIpc) is 4.04. The number of pyridine rings is 3. The zero-order chi connectivity index (χ0) is 37.9. The Morgan fingerprint density at radius 2 is 1.43 bits per heavy atom. The fourth-order valence-electron chi connectivity index (χ4n) is 6.76. The Bertz CT molecular complexity index is 3120. The molecule has 14 nitrogen and oxygen atoms in total. The Hall–Kier alpha value is -6.88. The van der Waals surface area contributed by atoms with Crippen LogP contribution in [-0.4, -0.2) is 79.9 Å². The van der Waals surface area contributed by atoms with E-state index in [1.807, 2.05) is 86.5 Å². The van der Waals surface area contributed by atoms with Crippen LogP contribution in [0.25, 0.3) is 94.1 Å². The summed E-state index contributed by atoms with van der Waals surface area (Å²) in [5, 5.41) is 25.9. The molecule has 0 aliphatic heterocycles. The number of ether oxygens (including phenoxy) is 2. The van der Waals surface area contributed by atoms with Gasteiger partial charge in [-0.2, -0.15) is 9.97 Å². The highest BCUT2D eigenvalue weighted by Crippen LogP contribution is 2.40. The third-order valence-corrected chi connectivity index (χ3v) is 11.4. The second-order valence-electron chi connectivity index (χ2n) is 12.7. The SMILES string of the molecule is COCCn1c(-c2nc(O)c3scc(-c4ccccn4)c3n2)nc2cc(-c3cccc(-c4csc5c(O)nc(-c6ncc7ccc(OC)cn67)nc45)n3)ccc21. The van der Waals surface area contributed by atoms with Crippen molar-refractivity contribution in [1.82, 2.24) is 48.8 Å². The van der Waals surface area contributed by atoms with Crippen molar-refractivity contribution in [1.29, 1.82) is 0 Å². The predicted molar refractivity (Wildman–Crippen MR) is 215 cm³/mol. The summed E-state index contributed by atoms with van der Waals surface area (Å²) >= 11 is 2.72. The minimum Gasteiger partial charge on any atom is -0.495 e. The summed E-state index contributed by atoms with van der Waals surface area (Å²) < 4.78 is 15.8. The van der Waals surface area contributed by atoms with Crippen molar-refractivity contribution in [2.75, 3.05) is 20.8 Å². The van der Waals surface area contributed by atoms with Crippen molar-refractivity contribution in [2.45, 2.75) is 6.54 Å². The van der Waals surface area contributed by atoms with Gasteiger partial charge in [-0.15, -0.1) is 22.7 Å². The van der Waals surface area contributed by atoms with Crippen molar-refractivity contribution in [3.63, 3.8) is 0 Å². The summed E-state index contributed by atoms with van der Waals surface area (Å²) in [6, 6.07) is 21.2. The molecule has 0 aliphatic rings. The minimum atomic E-state index is -0.134. The maximum atomic E-state index is 11.1. The number of benzene rings is 1. The summed E-state index contributed by atoms with van der Waals surface area (Å²) in [5.74, 6) is 1.92. The van der Waals surface area contributed by atoms with Crippen LogP contribution in [-0.2, 0) is 11.3 Å². The molecule has 56 heavy (non-hydrogen) atoms. The largest absolute Gasteiger partial charge is 0.495 e. The fourth-order valence-corrected chi connectivity index (χ4v) is 8.54. The molecule has 0 unspecified atom stereocenters. The Labute approximate surface area is 325 Å². The molecule has 16 heteroatoms. The monoisotopic (exact) mass is 776 g/mol. The third-order valence-electron chi connectivity index (χ3n) is 9.46. The molecular formula is C40H28N10O4S2. The van der Waals surface area contributed by atoms with Crippen LogP contribution in [0.5, 0.6) is 17.5 Å². The van der Waals surface area contributed by atoms with E-state index >= 15 is 0 Å². The van der Waals surface area contributed by atoms with Crippen LogP contribution in [0.15, 0.2) is 96.1 Å². The summed E-state index contributed by atoms with van der Waals surface area (Å²) in [7, 11) is 3.25. The van der Waals surface area contributed by atoms with E-state index in [1.54, 1.807) is 32.8 Å². The summed E-state index contributed by atoms with van der Waals surface area (Å²) in [6.07, 6.45) is 5.26. The molecule has 0 amide bonds. The summed E-state index contributed by atoms with van der Waals surface area (Å²) in [5.41, 5.74) is 8.10. The van der Waals surface area contributed by atoms with Gasteiger partial charge in [-0.25, -0.2) is 24.9 Å². The highest BCUT2D eigenvalue weighted by Gasteiger charge is 2.22. The topological polar surface area (TPSA) is 171 Å². The van der Waals surface area contributed by atoms with Crippen molar-refractivity contribution < 1.29 is 19.7 Å². The number of nitrogens with zero attached hydrogens (tertiary/aromatic N) is 10. The zero-order valence-corrected chi connectivity index (χ0v) is 31.3. The average molecular weight is 777 g/mol. The van der Waals surface area contributed by atoms with Crippen LogP contribution in [0.3, 0.4) is 0 Å². The van der Waals surface area contributed by atoms with E-state index in [2.05, 4.69) is 19.9 Å². The highest BCUT2D eigenvalue weighted by atomic mass is 32.1. The van der Waals surface area contributed by atoms with Crippen molar-refractivity contribution in [3.05, 3.63) is 96.1 Å². The van der Waals surface area contributed by atoms with Crippen LogP contribution >= 0.6 is 22.7 Å². The summed E-state index contributed by atoms with van der Waals surface area (Å²) in [4.78, 5) is 37.9. The van der Waals surface area contributed by atoms with E-state index < -0.39 is 0 Å². The lowest BCUT2D eigenvalue weighted by molar-refractivity contribution is 0.188. The smallest absolute Gasteiger partial charge is 0.233 e. The lowest BCUT2D eigenvalue weighted by Gasteiger charge is -2.09. The van der Waals surface area contributed by atoms with Gasteiger partial charge in [0, 0.05) is 47.3 Å². The first kappa shape index (κ1) is 33.7. The lowest BCUT2D eigenvalue weighted by atomic mass is 10.1. The van der Waals surface area contributed by atoms with Crippen LogP contribution in [0.1, 0.15) is 0 Å². The number of hydrogen-bond acceptors (Lipinski definition) is 14. The second kappa shape index (κ2) is 13.5. The Morgan fingerprint density at radius 3 is 2.16 bits per heavy atom. The maximum Gasteiger partial charge on any atom is 0.233 e. The van der Waals surface area contributed by atoms with Crippen LogP contribution < -0.4 is 4.74 Å². The van der Waals surface area contributed by atoms with Gasteiger partial charge in [-0.1, -0.05) is 18.2 Å². The highest BCUT2D eigenvalue weighted by molar-refractivity contribution is 7.18. The molecule has 274 valence electrons. The van der Waals surface area contributed by atoms with Crippen molar-refractivity contribution in [3.8, 4) is 74.6 Å². The lowest BCUT2D eigenvalue weighted by Crippen LogP contribution is -2.07. The molecule has 0 bridgehead atoms. The van der Waals surface area contributed by atoms with E-state index in [1.165, 1.54) is 22.7 Å². The van der Waals surface area contributed by atoms with Gasteiger partial charge in [-0.3, -0.25) is 9.38 Å². The number of hydrogen-bond donors (Lipinski definition) is 2. The van der Waals surface area contributed by atoms with Gasteiger partial charge in [0.2, 0.25) is 11.8 Å². The number of rotatable bonds is 9. The molecule has 0 radical (unpaired) electrons. The molecule has 0 spiro atoms.